The van der Waals surface area contributed by atoms with Gasteiger partial charge in [-0.25, -0.2) is 0 Å². The minimum absolute atomic E-state index is 0.0533. The number of phosphoric acid groups is 1. The van der Waals surface area contributed by atoms with Gasteiger partial charge >= 0.3 is 11.9 Å². The Morgan fingerprint density at radius 1 is 0.673 bits per heavy atom. The van der Waals surface area contributed by atoms with E-state index in [1.807, 2.05) is 39.4 Å². The smallest absolute Gasteiger partial charge is 0.306 e. The molecule has 320 valence electrons. The molecular weight excluding hydrogens is 717 g/mol. The zero-order valence-electron chi connectivity index (χ0n) is 35.5. The summed E-state index contributed by atoms with van der Waals surface area (Å²) in [7, 11) is 1.09. The van der Waals surface area contributed by atoms with Crippen molar-refractivity contribution in [1.82, 2.24) is 0 Å². The Morgan fingerprint density at radius 3 is 1.87 bits per heavy atom. The molecule has 0 saturated heterocycles. The van der Waals surface area contributed by atoms with Gasteiger partial charge in [0.1, 0.15) is 19.8 Å². The quantitative estimate of drug-likeness (QED) is 0.0162. The Bertz CT molecular complexity index is 1100. The maximum atomic E-state index is 12.6. The van der Waals surface area contributed by atoms with Crippen LogP contribution in [0.1, 0.15) is 162 Å². The highest BCUT2D eigenvalue weighted by atomic mass is 31.2. The Hall–Kier alpha value is -2.07. The van der Waals surface area contributed by atoms with E-state index >= 15 is 0 Å². The summed E-state index contributed by atoms with van der Waals surface area (Å²) in [5.41, 5.74) is 0. The molecule has 1 N–H and O–H groups in total. The molecule has 0 aliphatic heterocycles. The number of hydrogen-bond donors (Lipinski definition) is 1. The third-order valence-corrected chi connectivity index (χ3v) is 9.90. The van der Waals surface area contributed by atoms with Crippen LogP contribution in [0.25, 0.3) is 0 Å². The van der Waals surface area contributed by atoms with E-state index < -0.39 is 38.6 Å². The van der Waals surface area contributed by atoms with Gasteiger partial charge in [0.2, 0.25) is 0 Å². The molecule has 0 saturated carbocycles. The van der Waals surface area contributed by atoms with Crippen LogP contribution in [0.3, 0.4) is 0 Å². The molecule has 0 amide bonds. The number of nitrogens with zero attached hydrogens (tertiary/aromatic N) is 1. The largest absolute Gasteiger partial charge is 0.756 e. The monoisotopic (exact) mass is 798 g/mol. The number of quaternary nitrogens is 1. The van der Waals surface area contributed by atoms with E-state index in [2.05, 4.69) is 32.1 Å². The number of phosphoric ester groups is 1. The maximum Gasteiger partial charge on any atom is 0.306 e. The van der Waals surface area contributed by atoms with E-state index in [4.69, 9.17) is 18.5 Å². The van der Waals surface area contributed by atoms with Crippen LogP contribution in [-0.4, -0.2) is 81.2 Å². The number of rotatable bonds is 38. The minimum atomic E-state index is -4.65. The number of likely N-dealkylation sites (N-methyl/N-ethyl adjacent to an activating group) is 1. The summed E-state index contributed by atoms with van der Waals surface area (Å²) in [4.78, 5) is 37.4. The second-order valence-electron chi connectivity index (χ2n) is 15.6. The molecule has 0 radical (unpaired) electrons. The molecular formula is C44H80NO9P. The lowest BCUT2D eigenvalue weighted by molar-refractivity contribution is -0.870. The number of esters is 2. The number of aliphatic hydroxyl groups is 1. The molecule has 0 aromatic carbocycles. The highest BCUT2D eigenvalue weighted by Crippen LogP contribution is 2.38. The molecule has 0 aromatic heterocycles. The third kappa shape index (κ3) is 39.9. The molecule has 0 aromatic rings. The average molecular weight is 798 g/mol. The van der Waals surface area contributed by atoms with Crippen LogP contribution in [0.4, 0.5) is 0 Å². The van der Waals surface area contributed by atoms with Crippen LogP contribution in [0, 0.1) is 0 Å². The Balaban J connectivity index is 4.55. The highest BCUT2D eigenvalue weighted by molar-refractivity contribution is 7.45. The zero-order chi connectivity index (χ0) is 40.9. The number of hydrogen-bond acceptors (Lipinski definition) is 9. The average Bonchev–Trinajstić information content (AvgIpc) is 3.12. The first-order valence-electron chi connectivity index (χ1n) is 21.5. The molecule has 0 heterocycles. The van der Waals surface area contributed by atoms with Gasteiger partial charge in [0.25, 0.3) is 7.82 Å². The number of ether oxygens (including phenoxy) is 2. The fourth-order valence-electron chi connectivity index (χ4n) is 5.49. The highest BCUT2D eigenvalue weighted by Gasteiger charge is 2.21. The van der Waals surface area contributed by atoms with Gasteiger partial charge < -0.3 is 33.0 Å². The van der Waals surface area contributed by atoms with Crippen molar-refractivity contribution in [2.45, 2.75) is 174 Å². The van der Waals surface area contributed by atoms with Crippen LogP contribution in [0.5, 0.6) is 0 Å². The van der Waals surface area contributed by atoms with Crippen molar-refractivity contribution >= 4 is 19.8 Å². The normalized spacial score (nSPS) is 14.7. The summed E-state index contributed by atoms with van der Waals surface area (Å²) >= 11 is 0. The first kappa shape index (κ1) is 52.9. The van der Waals surface area contributed by atoms with Crippen LogP contribution in [0.2, 0.25) is 0 Å². The van der Waals surface area contributed by atoms with Gasteiger partial charge in [-0.1, -0.05) is 152 Å². The molecule has 55 heavy (non-hydrogen) atoms. The predicted molar refractivity (Wildman–Crippen MR) is 223 cm³/mol. The summed E-state index contributed by atoms with van der Waals surface area (Å²) in [5, 5.41) is 10.1. The van der Waals surface area contributed by atoms with Crippen molar-refractivity contribution in [3.8, 4) is 0 Å². The van der Waals surface area contributed by atoms with Crippen molar-refractivity contribution in [3.63, 3.8) is 0 Å². The SMILES string of the molecule is CCCCC/C=C\C/C=C\CC(O)/C=C\C=C\CCCC(=O)OC[C@H](COP(=O)([O-])OCC[N+](C)(C)C)OC(=O)CCCCCCCCCCCCCCC. The van der Waals surface area contributed by atoms with E-state index in [0.717, 1.165) is 32.1 Å². The standard InChI is InChI=1S/C44H80NO9P/c1-6-8-10-12-14-16-17-18-19-21-23-27-32-36-44(48)54-42(40-53-55(49,50)52-38-37-45(3,4)5)39-51-43(47)35-31-28-24-26-30-34-41(46)33-29-25-22-20-15-13-11-9-7-2/h15,20,24-26,29-30,34,41-42,46H,6-14,16-19,21-23,27-28,31-33,35-40H2,1-5H3/b20-15-,26-24+,29-25-,34-30-/t41?,42-/m1/s1. The van der Waals surface area contributed by atoms with Crippen molar-refractivity contribution in [3.05, 3.63) is 48.6 Å². The van der Waals surface area contributed by atoms with Gasteiger partial charge in [-0.05, 0) is 44.9 Å². The molecule has 2 unspecified atom stereocenters. The molecule has 0 bridgehead atoms. The fourth-order valence-corrected chi connectivity index (χ4v) is 6.22. The number of allylic oxidation sites excluding steroid dienone is 6. The lowest BCUT2D eigenvalue weighted by atomic mass is 10.0. The topological polar surface area (TPSA) is 131 Å². The van der Waals surface area contributed by atoms with E-state index in [9.17, 15) is 24.2 Å². The summed E-state index contributed by atoms with van der Waals surface area (Å²) in [6.45, 7) is 4.02. The van der Waals surface area contributed by atoms with E-state index in [0.29, 0.717) is 36.7 Å². The van der Waals surface area contributed by atoms with E-state index in [1.54, 1.807) is 12.2 Å². The molecule has 0 fully saturated rings. The van der Waals surface area contributed by atoms with Gasteiger partial charge in [-0.2, -0.15) is 0 Å². The zero-order valence-corrected chi connectivity index (χ0v) is 36.4. The van der Waals surface area contributed by atoms with Crippen molar-refractivity contribution in [2.75, 3.05) is 47.5 Å². The van der Waals surface area contributed by atoms with Gasteiger partial charge in [0, 0.05) is 12.8 Å². The molecule has 3 atom stereocenters. The summed E-state index contributed by atoms with van der Waals surface area (Å²) in [5.74, 6) is -0.965. The third-order valence-electron chi connectivity index (χ3n) is 8.93. The minimum Gasteiger partial charge on any atom is -0.756 e. The number of aliphatic hydroxyl groups excluding tert-OH is 1. The number of carbonyl (C=O) groups excluding carboxylic acids is 2. The molecule has 0 aliphatic carbocycles. The van der Waals surface area contributed by atoms with Gasteiger partial charge in [-0.3, -0.25) is 14.2 Å². The van der Waals surface area contributed by atoms with Crippen LogP contribution in [-0.2, 0) is 32.7 Å². The molecule has 10 nitrogen and oxygen atoms in total. The lowest BCUT2D eigenvalue weighted by Crippen LogP contribution is -2.37. The van der Waals surface area contributed by atoms with Gasteiger partial charge in [0.05, 0.1) is 33.9 Å². The van der Waals surface area contributed by atoms with Crippen LogP contribution in [0.15, 0.2) is 48.6 Å². The maximum absolute atomic E-state index is 12.6. The Morgan fingerprint density at radius 2 is 1.24 bits per heavy atom. The number of carbonyl (C=O) groups is 2. The Labute approximate surface area is 336 Å². The first-order chi connectivity index (χ1) is 26.4. The van der Waals surface area contributed by atoms with E-state index in [-0.39, 0.29) is 26.1 Å². The second kappa shape index (κ2) is 36.3. The van der Waals surface area contributed by atoms with Crippen molar-refractivity contribution in [1.29, 1.82) is 0 Å². The molecule has 0 rings (SSSR count). The predicted octanol–water partition coefficient (Wildman–Crippen LogP) is 10.2. The van der Waals surface area contributed by atoms with Gasteiger partial charge in [-0.15, -0.1) is 0 Å². The molecule has 0 spiro atoms. The van der Waals surface area contributed by atoms with Gasteiger partial charge in [0.15, 0.2) is 6.10 Å². The Kier molecular flexibility index (Phi) is 34.9. The second-order valence-corrected chi connectivity index (χ2v) is 17.0. The summed E-state index contributed by atoms with van der Waals surface area (Å²) < 4.78 is 33.7. The van der Waals surface area contributed by atoms with Crippen molar-refractivity contribution in [2.24, 2.45) is 0 Å². The van der Waals surface area contributed by atoms with E-state index in [1.165, 1.54) is 77.0 Å². The van der Waals surface area contributed by atoms with Crippen molar-refractivity contribution < 1.29 is 47.2 Å². The molecule has 0 aliphatic rings. The summed E-state index contributed by atoms with van der Waals surface area (Å²) in [6.07, 6.45) is 37.4. The lowest BCUT2D eigenvalue weighted by Gasteiger charge is -2.28. The molecule has 11 heteroatoms. The summed E-state index contributed by atoms with van der Waals surface area (Å²) in [6, 6.07) is 0. The first-order valence-corrected chi connectivity index (χ1v) is 22.9. The van der Waals surface area contributed by atoms with Crippen LogP contribution >= 0.6 is 7.82 Å². The number of unbranched alkanes of at least 4 members (excludes halogenated alkanes) is 16. The fraction of sp³-hybridized carbons (Fsp3) is 0.773. The van der Waals surface area contributed by atoms with Crippen LogP contribution < -0.4 is 4.89 Å².